The number of carbonyl (C=O) groups excluding carboxylic acids is 2. The van der Waals surface area contributed by atoms with Gasteiger partial charge in [-0.1, -0.05) is 18.2 Å². The van der Waals surface area contributed by atoms with Crippen molar-refractivity contribution in [2.75, 3.05) is 19.6 Å². The highest BCUT2D eigenvalue weighted by Crippen LogP contribution is 2.29. The number of aromatic amines is 1. The lowest BCUT2D eigenvalue weighted by Crippen LogP contribution is -2.45. The van der Waals surface area contributed by atoms with Gasteiger partial charge in [0.05, 0.1) is 11.6 Å². The highest BCUT2D eigenvalue weighted by atomic mass is 32.1. The van der Waals surface area contributed by atoms with Crippen molar-refractivity contribution in [2.45, 2.75) is 26.2 Å². The average molecular weight is 474 g/mol. The van der Waals surface area contributed by atoms with Crippen molar-refractivity contribution in [1.82, 2.24) is 25.2 Å². The first-order valence-electron chi connectivity index (χ1n) is 11.6. The quantitative estimate of drug-likeness (QED) is 0.439. The van der Waals surface area contributed by atoms with E-state index in [0.717, 1.165) is 41.0 Å². The lowest BCUT2D eigenvalue weighted by Gasteiger charge is -2.31. The molecular formula is C26H27N5O2S. The molecule has 4 aromatic rings. The van der Waals surface area contributed by atoms with Crippen LogP contribution in [0, 0.1) is 12.8 Å². The fourth-order valence-electron chi connectivity index (χ4n) is 4.53. The van der Waals surface area contributed by atoms with Crippen molar-refractivity contribution in [3.63, 3.8) is 0 Å². The van der Waals surface area contributed by atoms with E-state index in [0.29, 0.717) is 24.5 Å². The Morgan fingerprint density at radius 3 is 2.97 bits per heavy atom. The number of pyridine rings is 1. The molecular weight excluding hydrogens is 446 g/mol. The normalized spacial score (nSPS) is 16.0. The van der Waals surface area contributed by atoms with Gasteiger partial charge in [0, 0.05) is 54.7 Å². The van der Waals surface area contributed by atoms with E-state index in [1.807, 2.05) is 37.4 Å². The molecule has 3 aromatic heterocycles. The molecule has 0 aliphatic carbocycles. The third kappa shape index (κ3) is 4.59. The molecule has 5 rings (SSSR count). The maximum Gasteiger partial charge on any atom is 0.265 e. The molecule has 1 atom stereocenters. The van der Waals surface area contributed by atoms with Crippen LogP contribution in [-0.4, -0.2) is 51.3 Å². The van der Waals surface area contributed by atoms with Crippen LogP contribution in [0.1, 0.15) is 33.8 Å². The summed E-state index contributed by atoms with van der Waals surface area (Å²) in [6, 6.07) is 12.0. The average Bonchev–Trinajstić information content (AvgIpc) is 3.48. The topological polar surface area (TPSA) is 91.0 Å². The molecule has 174 valence electrons. The zero-order valence-corrected chi connectivity index (χ0v) is 19.9. The van der Waals surface area contributed by atoms with E-state index in [-0.39, 0.29) is 17.7 Å². The van der Waals surface area contributed by atoms with Gasteiger partial charge in [0.1, 0.15) is 9.88 Å². The van der Waals surface area contributed by atoms with Crippen LogP contribution in [0.3, 0.4) is 0 Å². The molecule has 1 fully saturated rings. The number of para-hydroxylation sites is 1. The monoisotopic (exact) mass is 473 g/mol. The number of likely N-dealkylation sites (tertiary alicyclic amines) is 1. The molecule has 0 spiro atoms. The van der Waals surface area contributed by atoms with E-state index in [1.54, 1.807) is 17.3 Å². The maximum absolute atomic E-state index is 13.3. The van der Waals surface area contributed by atoms with E-state index in [1.165, 1.54) is 22.3 Å². The van der Waals surface area contributed by atoms with E-state index >= 15 is 0 Å². The molecule has 7 nitrogen and oxygen atoms in total. The van der Waals surface area contributed by atoms with E-state index in [4.69, 9.17) is 0 Å². The summed E-state index contributed by atoms with van der Waals surface area (Å²) in [6.45, 7) is 3.55. The number of rotatable bonds is 6. The number of aryl methyl sites for hydroxylation is 1. The van der Waals surface area contributed by atoms with E-state index in [9.17, 15) is 9.59 Å². The van der Waals surface area contributed by atoms with Gasteiger partial charge in [-0.05, 0) is 49.9 Å². The first kappa shape index (κ1) is 22.3. The van der Waals surface area contributed by atoms with Crippen molar-refractivity contribution in [3.05, 3.63) is 71.1 Å². The maximum atomic E-state index is 13.3. The smallest absolute Gasteiger partial charge is 0.265 e. The Balaban J connectivity index is 1.19. The summed E-state index contributed by atoms with van der Waals surface area (Å²) in [5, 5.41) is 5.06. The number of hydrogen-bond acceptors (Lipinski definition) is 5. The zero-order valence-electron chi connectivity index (χ0n) is 19.1. The SMILES string of the molecule is Cc1nc(-c2cccnc2)sc1C(=O)N1CCCC(C(=O)NCCc2c[nH]c3ccccc23)C1. The van der Waals surface area contributed by atoms with Gasteiger partial charge in [-0.2, -0.15) is 0 Å². The second-order valence-corrected chi connectivity index (χ2v) is 9.67. The summed E-state index contributed by atoms with van der Waals surface area (Å²) in [4.78, 5) is 40.6. The van der Waals surface area contributed by atoms with Crippen molar-refractivity contribution in [2.24, 2.45) is 5.92 Å². The standard InChI is InChI=1S/C26H27N5O2S/c1-17-23(34-25(30-17)19-6-4-11-27-14-19)26(33)31-13-5-7-20(16-31)24(32)28-12-10-18-15-29-22-9-3-2-8-21(18)22/h2-4,6,8-9,11,14-15,20,29H,5,7,10,12-13,16H2,1H3,(H,28,32). The number of amides is 2. The van der Waals surface area contributed by atoms with Gasteiger partial charge < -0.3 is 15.2 Å². The number of piperidine rings is 1. The van der Waals surface area contributed by atoms with Crippen LogP contribution in [0.25, 0.3) is 21.5 Å². The second-order valence-electron chi connectivity index (χ2n) is 8.67. The third-order valence-electron chi connectivity index (χ3n) is 6.35. The van der Waals surface area contributed by atoms with Crippen LogP contribution in [0.15, 0.2) is 55.0 Å². The van der Waals surface area contributed by atoms with Crippen molar-refractivity contribution >= 4 is 34.1 Å². The number of H-pyrrole nitrogens is 1. The van der Waals surface area contributed by atoms with Gasteiger partial charge >= 0.3 is 0 Å². The number of nitrogens with one attached hydrogen (secondary N) is 2. The first-order chi connectivity index (χ1) is 16.6. The van der Waals surface area contributed by atoms with Crippen molar-refractivity contribution < 1.29 is 9.59 Å². The number of thiazole rings is 1. The van der Waals surface area contributed by atoms with Gasteiger partial charge in [-0.25, -0.2) is 4.98 Å². The summed E-state index contributed by atoms with van der Waals surface area (Å²) in [5.74, 6) is -0.206. The summed E-state index contributed by atoms with van der Waals surface area (Å²) in [6.07, 6.45) is 7.86. The number of aromatic nitrogens is 3. The van der Waals surface area contributed by atoms with Gasteiger partial charge in [-0.3, -0.25) is 14.6 Å². The second kappa shape index (κ2) is 9.77. The van der Waals surface area contributed by atoms with Gasteiger partial charge in [0.25, 0.3) is 5.91 Å². The molecule has 1 aliphatic rings. The molecule has 0 radical (unpaired) electrons. The molecule has 4 heterocycles. The first-order valence-corrected chi connectivity index (χ1v) is 12.4. The van der Waals surface area contributed by atoms with Crippen molar-refractivity contribution in [1.29, 1.82) is 0 Å². The minimum Gasteiger partial charge on any atom is -0.361 e. The third-order valence-corrected chi connectivity index (χ3v) is 7.54. The molecule has 2 amide bonds. The number of fused-ring (bicyclic) bond motifs is 1. The lowest BCUT2D eigenvalue weighted by atomic mass is 9.96. The Morgan fingerprint density at radius 1 is 1.24 bits per heavy atom. The predicted octanol–water partition coefficient (Wildman–Crippen LogP) is 4.21. The number of nitrogens with zero attached hydrogens (tertiary/aromatic N) is 3. The highest BCUT2D eigenvalue weighted by molar-refractivity contribution is 7.17. The lowest BCUT2D eigenvalue weighted by molar-refractivity contribution is -0.126. The number of benzene rings is 1. The molecule has 0 saturated carbocycles. The summed E-state index contributed by atoms with van der Waals surface area (Å²) >= 11 is 1.39. The van der Waals surface area contributed by atoms with Crippen LogP contribution < -0.4 is 5.32 Å². The van der Waals surface area contributed by atoms with Gasteiger partial charge in [0.15, 0.2) is 0 Å². The fraction of sp³-hybridized carbons (Fsp3) is 0.308. The Kier molecular flexibility index (Phi) is 6.40. The Morgan fingerprint density at radius 2 is 2.12 bits per heavy atom. The van der Waals surface area contributed by atoms with E-state index in [2.05, 4.69) is 32.4 Å². The summed E-state index contributed by atoms with van der Waals surface area (Å²) in [5.41, 5.74) is 3.93. The summed E-state index contributed by atoms with van der Waals surface area (Å²) < 4.78 is 0. The van der Waals surface area contributed by atoms with Crippen LogP contribution in [0.2, 0.25) is 0 Å². The molecule has 2 N–H and O–H groups in total. The molecule has 1 aliphatic heterocycles. The Labute approximate surface area is 202 Å². The number of carbonyl (C=O) groups is 2. The molecule has 34 heavy (non-hydrogen) atoms. The van der Waals surface area contributed by atoms with Crippen molar-refractivity contribution in [3.8, 4) is 10.6 Å². The minimum absolute atomic E-state index is 0.0226. The summed E-state index contributed by atoms with van der Waals surface area (Å²) in [7, 11) is 0. The number of hydrogen-bond donors (Lipinski definition) is 2. The molecule has 1 unspecified atom stereocenters. The van der Waals surface area contributed by atoms with Crippen LogP contribution >= 0.6 is 11.3 Å². The zero-order chi connectivity index (χ0) is 23.5. The largest absolute Gasteiger partial charge is 0.361 e. The Bertz CT molecular complexity index is 1310. The van der Waals surface area contributed by atoms with E-state index < -0.39 is 0 Å². The molecule has 0 bridgehead atoms. The predicted molar refractivity (Wildman–Crippen MR) is 134 cm³/mol. The molecule has 1 saturated heterocycles. The van der Waals surface area contributed by atoms with Gasteiger partial charge in [-0.15, -0.1) is 11.3 Å². The van der Waals surface area contributed by atoms with Gasteiger partial charge in [0.2, 0.25) is 5.91 Å². The van der Waals surface area contributed by atoms with Crippen LogP contribution in [0.5, 0.6) is 0 Å². The molecule has 1 aromatic carbocycles. The highest BCUT2D eigenvalue weighted by Gasteiger charge is 2.30. The molecule has 8 heteroatoms. The fourth-order valence-corrected chi connectivity index (χ4v) is 5.55. The van der Waals surface area contributed by atoms with Crippen LogP contribution in [-0.2, 0) is 11.2 Å². The van der Waals surface area contributed by atoms with Crippen LogP contribution in [0.4, 0.5) is 0 Å². The minimum atomic E-state index is -0.188. The Hall–Kier alpha value is -3.52.